The van der Waals surface area contributed by atoms with Gasteiger partial charge in [0, 0.05) is 11.4 Å². The van der Waals surface area contributed by atoms with E-state index < -0.39 is 17.7 Å². The van der Waals surface area contributed by atoms with Crippen molar-refractivity contribution in [3.63, 3.8) is 0 Å². The van der Waals surface area contributed by atoms with Gasteiger partial charge in [-0.05, 0) is 19.1 Å². The lowest BCUT2D eigenvalue weighted by Gasteiger charge is -2.12. The standard InChI is InChI=1S/C12H10ClF2NOS/c1-7(12-16-9(5-13)6-18-12)17-11-4-8(14)2-3-10(11)15/h2-4,6-7H,5H2,1H3. The molecule has 2 rings (SSSR count). The molecule has 0 amide bonds. The van der Waals surface area contributed by atoms with Gasteiger partial charge in [0.05, 0.1) is 11.6 Å². The van der Waals surface area contributed by atoms with Crippen molar-refractivity contribution >= 4 is 22.9 Å². The second-order valence-electron chi connectivity index (χ2n) is 3.65. The number of alkyl halides is 1. The van der Waals surface area contributed by atoms with Crippen LogP contribution in [-0.2, 0) is 5.88 Å². The Balaban J connectivity index is 2.15. The first kappa shape index (κ1) is 13.2. The molecule has 1 heterocycles. The smallest absolute Gasteiger partial charge is 0.165 e. The molecule has 0 aliphatic rings. The minimum absolute atomic E-state index is 0.120. The summed E-state index contributed by atoms with van der Waals surface area (Å²) in [6, 6.07) is 3.09. The Labute approximate surface area is 112 Å². The fourth-order valence-corrected chi connectivity index (χ4v) is 2.41. The van der Waals surface area contributed by atoms with Gasteiger partial charge in [0.1, 0.15) is 16.9 Å². The molecule has 1 aromatic carbocycles. The van der Waals surface area contributed by atoms with Gasteiger partial charge in [-0.15, -0.1) is 22.9 Å². The summed E-state index contributed by atoms with van der Waals surface area (Å²) < 4.78 is 31.7. The summed E-state index contributed by atoms with van der Waals surface area (Å²) in [5, 5.41) is 2.48. The van der Waals surface area contributed by atoms with Gasteiger partial charge in [-0.3, -0.25) is 0 Å². The van der Waals surface area contributed by atoms with Crippen LogP contribution in [-0.4, -0.2) is 4.98 Å². The van der Waals surface area contributed by atoms with E-state index in [0.717, 1.165) is 23.9 Å². The van der Waals surface area contributed by atoms with Crippen molar-refractivity contribution in [2.75, 3.05) is 0 Å². The second kappa shape index (κ2) is 5.63. The maximum atomic E-state index is 13.4. The third kappa shape index (κ3) is 2.97. The average molecular weight is 290 g/mol. The molecule has 0 aliphatic carbocycles. The summed E-state index contributed by atoms with van der Waals surface area (Å²) in [6.45, 7) is 1.72. The largest absolute Gasteiger partial charge is 0.480 e. The summed E-state index contributed by atoms with van der Waals surface area (Å²) in [4.78, 5) is 4.22. The lowest BCUT2D eigenvalue weighted by molar-refractivity contribution is 0.214. The fourth-order valence-electron chi connectivity index (χ4n) is 1.38. The van der Waals surface area contributed by atoms with Crippen LogP contribution in [0.5, 0.6) is 5.75 Å². The van der Waals surface area contributed by atoms with Crippen molar-refractivity contribution in [1.82, 2.24) is 4.98 Å². The first-order valence-corrected chi connectivity index (χ1v) is 6.63. The third-order valence-corrected chi connectivity index (χ3v) is 3.58. The molecule has 2 aromatic rings. The van der Waals surface area contributed by atoms with Gasteiger partial charge in [-0.25, -0.2) is 13.8 Å². The highest BCUT2D eigenvalue weighted by Crippen LogP contribution is 2.27. The number of hydrogen-bond donors (Lipinski definition) is 0. The number of nitrogens with zero attached hydrogens (tertiary/aromatic N) is 1. The quantitative estimate of drug-likeness (QED) is 0.783. The van der Waals surface area contributed by atoms with E-state index in [9.17, 15) is 8.78 Å². The summed E-state index contributed by atoms with van der Waals surface area (Å²) in [5.74, 6) is -0.945. The summed E-state index contributed by atoms with van der Waals surface area (Å²) in [5.41, 5.74) is 0.742. The minimum Gasteiger partial charge on any atom is -0.480 e. The topological polar surface area (TPSA) is 22.1 Å². The maximum absolute atomic E-state index is 13.4. The maximum Gasteiger partial charge on any atom is 0.165 e. The van der Waals surface area contributed by atoms with Crippen LogP contribution in [0.1, 0.15) is 23.7 Å². The molecule has 96 valence electrons. The SMILES string of the molecule is CC(Oc1cc(F)ccc1F)c1nc(CCl)cs1. The predicted octanol–water partition coefficient (Wildman–Crippen LogP) is 4.30. The van der Waals surface area contributed by atoms with Gasteiger partial charge >= 0.3 is 0 Å². The van der Waals surface area contributed by atoms with Crippen LogP contribution in [0.15, 0.2) is 23.6 Å². The van der Waals surface area contributed by atoms with Gasteiger partial charge in [0.25, 0.3) is 0 Å². The third-order valence-electron chi connectivity index (χ3n) is 2.25. The summed E-state index contributed by atoms with van der Waals surface area (Å²) in [7, 11) is 0. The molecule has 1 unspecified atom stereocenters. The van der Waals surface area contributed by atoms with Crippen LogP contribution in [0.25, 0.3) is 0 Å². The lowest BCUT2D eigenvalue weighted by Crippen LogP contribution is -2.04. The highest BCUT2D eigenvalue weighted by atomic mass is 35.5. The number of thiazole rings is 1. The van der Waals surface area contributed by atoms with Crippen LogP contribution in [0.3, 0.4) is 0 Å². The molecule has 0 aliphatic heterocycles. The molecule has 18 heavy (non-hydrogen) atoms. The number of hydrogen-bond acceptors (Lipinski definition) is 3. The Kier molecular flexibility index (Phi) is 4.14. The molecular formula is C12H10ClF2NOS. The molecule has 0 N–H and O–H groups in total. The van der Waals surface area contributed by atoms with E-state index >= 15 is 0 Å². The summed E-state index contributed by atoms with van der Waals surface area (Å²) in [6.07, 6.45) is -0.455. The van der Waals surface area contributed by atoms with Crippen molar-refractivity contribution in [1.29, 1.82) is 0 Å². The zero-order valence-corrected chi connectivity index (χ0v) is 11.1. The van der Waals surface area contributed by atoms with E-state index in [-0.39, 0.29) is 5.75 Å². The van der Waals surface area contributed by atoms with Crippen molar-refractivity contribution in [2.24, 2.45) is 0 Å². The van der Waals surface area contributed by atoms with Gasteiger partial charge in [0.15, 0.2) is 11.6 Å². The van der Waals surface area contributed by atoms with Crippen LogP contribution in [0, 0.1) is 11.6 Å². The molecule has 0 fully saturated rings. The molecule has 1 aromatic heterocycles. The Morgan fingerprint density at radius 1 is 1.44 bits per heavy atom. The van der Waals surface area contributed by atoms with Crippen LogP contribution in [0.4, 0.5) is 8.78 Å². The minimum atomic E-state index is -0.600. The lowest BCUT2D eigenvalue weighted by atomic mass is 10.3. The number of ether oxygens (including phenoxy) is 1. The van der Waals surface area contributed by atoms with Gasteiger partial charge in [-0.1, -0.05) is 0 Å². The van der Waals surface area contributed by atoms with E-state index in [1.54, 1.807) is 6.92 Å². The van der Waals surface area contributed by atoms with Crippen molar-refractivity contribution < 1.29 is 13.5 Å². The highest BCUT2D eigenvalue weighted by molar-refractivity contribution is 7.09. The van der Waals surface area contributed by atoms with Gasteiger partial charge < -0.3 is 4.74 Å². The first-order chi connectivity index (χ1) is 8.60. The van der Waals surface area contributed by atoms with E-state index in [1.165, 1.54) is 11.3 Å². The molecule has 0 radical (unpaired) electrons. The summed E-state index contributed by atoms with van der Waals surface area (Å²) >= 11 is 7.02. The molecule has 0 saturated heterocycles. The molecule has 6 heteroatoms. The average Bonchev–Trinajstić information content (AvgIpc) is 2.82. The van der Waals surface area contributed by atoms with Crippen molar-refractivity contribution in [3.05, 3.63) is 45.9 Å². The monoisotopic (exact) mass is 289 g/mol. The fraction of sp³-hybridized carbons (Fsp3) is 0.250. The van der Waals surface area contributed by atoms with Crippen molar-refractivity contribution in [3.8, 4) is 5.75 Å². The predicted molar refractivity (Wildman–Crippen MR) is 67.1 cm³/mol. The molecule has 0 spiro atoms. The van der Waals surface area contributed by atoms with Crippen molar-refractivity contribution in [2.45, 2.75) is 18.9 Å². The molecule has 0 bridgehead atoms. The molecular weight excluding hydrogens is 280 g/mol. The number of rotatable bonds is 4. The van der Waals surface area contributed by atoms with E-state index in [1.807, 2.05) is 5.38 Å². The Morgan fingerprint density at radius 2 is 2.22 bits per heavy atom. The van der Waals surface area contributed by atoms with E-state index in [2.05, 4.69) is 4.98 Å². The number of benzene rings is 1. The van der Waals surface area contributed by atoms with Crippen LogP contribution >= 0.6 is 22.9 Å². The number of halogens is 3. The Morgan fingerprint density at radius 3 is 2.89 bits per heavy atom. The van der Waals surface area contributed by atoms with Gasteiger partial charge in [0.2, 0.25) is 0 Å². The highest BCUT2D eigenvalue weighted by Gasteiger charge is 2.14. The zero-order chi connectivity index (χ0) is 13.1. The van der Waals surface area contributed by atoms with Crippen LogP contribution < -0.4 is 4.74 Å². The second-order valence-corrected chi connectivity index (χ2v) is 4.80. The first-order valence-electron chi connectivity index (χ1n) is 5.22. The normalized spacial score (nSPS) is 12.4. The van der Waals surface area contributed by atoms with E-state index in [4.69, 9.17) is 16.3 Å². The Bertz CT molecular complexity index is 547. The van der Waals surface area contributed by atoms with Crippen LogP contribution in [0.2, 0.25) is 0 Å². The molecule has 0 saturated carbocycles. The zero-order valence-electron chi connectivity index (χ0n) is 9.49. The van der Waals surface area contributed by atoms with Gasteiger partial charge in [-0.2, -0.15) is 0 Å². The Hall–Kier alpha value is -1.20. The number of aromatic nitrogens is 1. The molecule has 1 atom stereocenters. The molecule has 2 nitrogen and oxygen atoms in total. The van der Waals surface area contributed by atoms with E-state index in [0.29, 0.717) is 10.9 Å².